The van der Waals surface area contributed by atoms with E-state index in [9.17, 15) is 4.79 Å². The molecule has 0 fully saturated rings. The maximum absolute atomic E-state index is 10.4. The molecule has 0 spiro atoms. The summed E-state index contributed by atoms with van der Waals surface area (Å²) in [5, 5.41) is 3.02. The van der Waals surface area contributed by atoms with Gasteiger partial charge in [0.15, 0.2) is 0 Å². The minimum Gasteiger partial charge on any atom is -0.368 e. The highest BCUT2D eigenvalue weighted by molar-refractivity contribution is 7.98. The van der Waals surface area contributed by atoms with Crippen molar-refractivity contribution in [1.29, 1.82) is 0 Å². The Balaban J connectivity index is 3.17. The normalized spacial score (nSPS) is 12.9. The monoisotopic (exact) mass is 177 g/mol. The lowest BCUT2D eigenvalue weighted by atomic mass is 10.3. The van der Waals surface area contributed by atoms with Gasteiger partial charge in [0, 0.05) is 18.8 Å². The van der Waals surface area contributed by atoms with E-state index in [0.29, 0.717) is 6.54 Å². The molecule has 0 rings (SSSR count). The molecule has 0 aliphatic heterocycles. The average Bonchev–Trinajstić information content (AvgIpc) is 1.97. The van der Waals surface area contributed by atoms with Crippen molar-refractivity contribution >= 4 is 17.7 Å². The molecular formula is C6H15N3OS. The van der Waals surface area contributed by atoms with Crippen molar-refractivity contribution in [2.24, 2.45) is 11.5 Å². The molecule has 5 heteroatoms. The van der Waals surface area contributed by atoms with Gasteiger partial charge in [-0.2, -0.15) is 11.8 Å². The summed E-state index contributed by atoms with van der Waals surface area (Å²) in [6.07, 6.45) is 2.02. The Kier molecular flexibility index (Phi) is 6.30. The van der Waals surface area contributed by atoms with Gasteiger partial charge in [-0.3, -0.25) is 4.79 Å². The second kappa shape index (κ2) is 6.45. The summed E-state index contributed by atoms with van der Waals surface area (Å²) in [5.41, 5.74) is 10.3. The van der Waals surface area contributed by atoms with E-state index in [4.69, 9.17) is 11.5 Å². The van der Waals surface area contributed by atoms with Crippen molar-refractivity contribution in [3.63, 3.8) is 0 Å². The van der Waals surface area contributed by atoms with Crippen LogP contribution in [0.3, 0.4) is 0 Å². The first-order chi connectivity index (χ1) is 5.18. The number of amides is 1. The first-order valence-corrected chi connectivity index (χ1v) is 4.82. The summed E-state index contributed by atoms with van der Waals surface area (Å²) in [6, 6.07) is -0.558. The molecular weight excluding hydrogens is 162 g/mol. The van der Waals surface area contributed by atoms with Crippen molar-refractivity contribution in [3.8, 4) is 0 Å². The van der Waals surface area contributed by atoms with Crippen molar-refractivity contribution in [3.05, 3.63) is 0 Å². The number of carbonyl (C=O) groups is 1. The molecule has 0 radical (unpaired) electrons. The van der Waals surface area contributed by atoms with Crippen LogP contribution < -0.4 is 16.8 Å². The maximum Gasteiger partial charge on any atom is 0.235 e. The second-order valence-electron chi connectivity index (χ2n) is 2.21. The van der Waals surface area contributed by atoms with E-state index in [1.807, 2.05) is 6.26 Å². The number of primary amides is 1. The number of nitrogens with two attached hydrogens (primary N) is 2. The second-order valence-corrected chi connectivity index (χ2v) is 3.19. The number of rotatable bonds is 6. The van der Waals surface area contributed by atoms with Gasteiger partial charge in [-0.1, -0.05) is 0 Å². The molecule has 1 unspecified atom stereocenters. The summed E-state index contributed by atoms with van der Waals surface area (Å²) >= 11 is 1.74. The smallest absolute Gasteiger partial charge is 0.235 e. The number of nitrogens with one attached hydrogen (secondary N) is 1. The van der Waals surface area contributed by atoms with Gasteiger partial charge in [0.2, 0.25) is 5.91 Å². The highest BCUT2D eigenvalue weighted by atomic mass is 32.2. The zero-order chi connectivity index (χ0) is 8.69. The van der Waals surface area contributed by atoms with Gasteiger partial charge >= 0.3 is 0 Å². The van der Waals surface area contributed by atoms with Crippen LogP contribution in [-0.4, -0.2) is 37.0 Å². The largest absolute Gasteiger partial charge is 0.368 e. The molecule has 0 aliphatic rings. The van der Waals surface area contributed by atoms with Crippen LogP contribution in [0.25, 0.3) is 0 Å². The summed E-state index contributed by atoms with van der Waals surface area (Å²) < 4.78 is 0. The van der Waals surface area contributed by atoms with Crippen LogP contribution in [0.4, 0.5) is 0 Å². The fourth-order valence-corrected chi connectivity index (χ4v) is 0.881. The van der Waals surface area contributed by atoms with E-state index < -0.39 is 11.9 Å². The first kappa shape index (κ1) is 10.7. The van der Waals surface area contributed by atoms with Gasteiger partial charge in [-0.15, -0.1) is 0 Å². The van der Waals surface area contributed by atoms with Gasteiger partial charge in [0.25, 0.3) is 0 Å². The summed E-state index contributed by atoms with van der Waals surface area (Å²) in [7, 11) is 0. The molecule has 0 aromatic carbocycles. The van der Waals surface area contributed by atoms with Gasteiger partial charge in [-0.25, -0.2) is 0 Å². The predicted octanol–water partition coefficient (Wildman–Crippen LogP) is -1.25. The van der Waals surface area contributed by atoms with Gasteiger partial charge in [-0.05, 0) is 6.26 Å². The van der Waals surface area contributed by atoms with E-state index in [2.05, 4.69) is 5.32 Å². The Morgan fingerprint density at radius 1 is 1.73 bits per heavy atom. The SMILES string of the molecule is CSCCNCC(N)C(N)=O. The molecule has 0 saturated heterocycles. The standard InChI is InChI=1S/C6H15N3OS/c1-11-3-2-9-4-5(7)6(8)10/h5,9H,2-4,7H2,1H3,(H2,8,10). The lowest BCUT2D eigenvalue weighted by molar-refractivity contribution is -0.119. The van der Waals surface area contributed by atoms with Crippen LogP contribution in [-0.2, 0) is 4.79 Å². The predicted molar refractivity (Wildman–Crippen MR) is 48.4 cm³/mol. The zero-order valence-corrected chi connectivity index (χ0v) is 7.49. The average molecular weight is 177 g/mol. The number of carbonyl (C=O) groups excluding carboxylic acids is 1. The van der Waals surface area contributed by atoms with Crippen LogP contribution >= 0.6 is 11.8 Å². The molecule has 11 heavy (non-hydrogen) atoms. The lowest BCUT2D eigenvalue weighted by Gasteiger charge is -2.07. The molecule has 0 aromatic heterocycles. The van der Waals surface area contributed by atoms with Crippen LogP contribution in [0.5, 0.6) is 0 Å². The molecule has 5 N–H and O–H groups in total. The molecule has 0 saturated carbocycles. The fraction of sp³-hybridized carbons (Fsp3) is 0.833. The van der Waals surface area contributed by atoms with Crippen molar-refractivity contribution in [2.75, 3.05) is 25.1 Å². The molecule has 0 aliphatic carbocycles. The summed E-state index contributed by atoms with van der Waals surface area (Å²) in [6.45, 7) is 1.33. The van der Waals surface area contributed by atoms with E-state index in [-0.39, 0.29) is 0 Å². The third-order valence-corrected chi connectivity index (χ3v) is 1.83. The minimum atomic E-state index is -0.558. The molecule has 0 heterocycles. The van der Waals surface area contributed by atoms with E-state index in [1.54, 1.807) is 11.8 Å². The first-order valence-electron chi connectivity index (χ1n) is 3.43. The lowest BCUT2D eigenvalue weighted by Crippen LogP contribution is -2.44. The minimum absolute atomic E-state index is 0.457. The Morgan fingerprint density at radius 2 is 2.36 bits per heavy atom. The van der Waals surface area contributed by atoms with Crippen LogP contribution in [0.1, 0.15) is 0 Å². The van der Waals surface area contributed by atoms with Crippen LogP contribution in [0.15, 0.2) is 0 Å². The third kappa shape index (κ3) is 6.15. The number of thioether (sulfide) groups is 1. The van der Waals surface area contributed by atoms with Gasteiger partial charge < -0.3 is 16.8 Å². The Labute approximate surface area is 71.1 Å². The molecule has 1 amide bonds. The molecule has 1 atom stereocenters. The van der Waals surface area contributed by atoms with E-state index in [0.717, 1.165) is 12.3 Å². The summed E-state index contributed by atoms with van der Waals surface area (Å²) in [4.78, 5) is 10.4. The molecule has 4 nitrogen and oxygen atoms in total. The van der Waals surface area contributed by atoms with E-state index >= 15 is 0 Å². The number of hydrogen-bond donors (Lipinski definition) is 3. The van der Waals surface area contributed by atoms with E-state index in [1.165, 1.54) is 0 Å². The third-order valence-electron chi connectivity index (χ3n) is 1.21. The van der Waals surface area contributed by atoms with Crippen molar-refractivity contribution in [2.45, 2.75) is 6.04 Å². The summed E-state index contributed by atoms with van der Waals surface area (Å²) in [5.74, 6) is 0.563. The molecule has 66 valence electrons. The quantitative estimate of drug-likeness (QED) is 0.443. The van der Waals surface area contributed by atoms with Gasteiger partial charge in [0.1, 0.15) is 0 Å². The fourth-order valence-electron chi connectivity index (χ4n) is 0.532. The molecule has 0 aromatic rings. The topological polar surface area (TPSA) is 81.1 Å². The number of hydrogen-bond acceptors (Lipinski definition) is 4. The van der Waals surface area contributed by atoms with Gasteiger partial charge in [0.05, 0.1) is 6.04 Å². The highest BCUT2D eigenvalue weighted by Gasteiger charge is 2.06. The Morgan fingerprint density at radius 3 is 2.82 bits per heavy atom. The van der Waals surface area contributed by atoms with Crippen LogP contribution in [0, 0.1) is 0 Å². The maximum atomic E-state index is 10.4. The highest BCUT2D eigenvalue weighted by Crippen LogP contribution is 1.86. The Hall–Kier alpha value is -0.260. The molecule has 0 bridgehead atoms. The van der Waals surface area contributed by atoms with Crippen molar-refractivity contribution < 1.29 is 4.79 Å². The van der Waals surface area contributed by atoms with Crippen LogP contribution in [0.2, 0.25) is 0 Å². The Bertz CT molecular complexity index is 120. The zero-order valence-electron chi connectivity index (χ0n) is 6.67. The van der Waals surface area contributed by atoms with Crippen molar-refractivity contribution in [1.82, 2.24) is 5.32 Å².